The van der Waals surface area contributed by atoms with Gasteiger partial charge in [0.1, 0.15) is 11.8 Å². The highest BCUT2D eigenvalue weighted by molar-refractivity contribution is 5.94. The number of carbonyl (C=O) groups excluding carboxylic acids is 1. The summed E-state index contributed by atoms with van der Waals surface area (Å²) in [6, 6.07) is 24.9. The Morgan fingerprint density at radius 3 is 1.83 bits per heavy atom. The van der Waals surface area contributed by atoms with Gasteiger partial charge in [-0.1, -0.05) is 72.8 Å². The van der Waals surface area contributed by atoms with E-state index in [1.807, 2.05) is 67.6 Å². The zero-order valence-corrected chi connectivity index (χ0v) is 17.0. The van der Waals surface area contributed by atoms with Crippen LogP contribution in [0.1, 0.15) is 23.6 Å². The van der Waals surface area contributed by atoms with E-state index in [0.29, 0.717) is 5.75 Å². The molecule has 0 aromatic heterocycles. The zero-order chi connectivity index (χ0) is 21.6. The third-order valence-electron chi connectivity index (χ3n) is 5.36. The van der Waals surface area contributed by atoms with Crippen molar-refractivity contribution in [1.82, 2.24) is 5.32 Å². The number of carboxylic acids is 1. The quantitative estimate of drug-likeness (QED) is 0.600. The molecule has 0 heterocycles. The lowest BCUT2D eigenvalue weighted by Crippen LogP contribution is -2.50. The second-order valence-electron chi connectivity index (χ2n) is 7.27. The first-order valence-corrected chi connectivity index (χ1v) is 9.73. The van der Waals surface area contributed by atoms with Crippen molar-refractivity contribution in [3.8, 4) is 5.75 Å². The van der Waals surface area contributed by atoms with Crippen LogP contribution in [-0.2, 0) is 21.4 Å². The molecule has 0 spiro atoms. The molecule has 3 rings (SSSR count). The van der Waals surface area contributed by atoms with Gasteiger partial charge in [-0.2, -0.15) is 0 Å². The van der Waals surface area contributed by atoms with Crippen molar-refractivity contribution < 1.29 is 19.4 Å². The highest BCUT2D eigenvalue weighted by atomic mass is 16.5. The number of aliphatic carboxylic acids is 1. The molecule has 154 valence electrons. The van der Waals surface area contributed by atoms with Gasteiger partial charge in [0.25, 0.3) is 0 Å². The Balaban J connectivity index is 1.90. The number of carbonyl (C=O) groups is 2. The SMILES string of the molecule is COc1ccc(C[C@H](NC(=O)C(C)(c2ccccc2)c2ccccc2)C(=O)O)cc1. The minimum absolute atomic E-state index is 0.171. The van der Waals surface area contributed by atoms with E-state index in [2.05, 4.69) is 5.32 Å². The lowest BCUT2D eigenvalue weighted by atomic mass is 9.75. The Morgan fingerprint density at radius 2 is 1.40 bits per heavy atom. The predicted molar refractivity (Wildman–Crippen MR) is 116 cm³/mol. The van der Waals surface area contributed by atoms with Crippen LogP contribution in [-0.4, -0.2) is 30.1 Å². The Bertz CT molecular complexity index is 945. The van der Waals surface area contributed by atoms with Crippen molar-refractivity contribution >= 4 is 11.9 Å². The van der Waals surface area contributed by atoms with Crippen molar-refractivity contribution in [1.29, 1.82) is 0 Å². The summed E-state index contributed by atoms with van der Waals surface area (Å²) in [5, 5.41) is 12.5. The summed E-state index contributed by atoms with van der Waals surface area (Å²) in [6.07, 6.45) is 0.171. The van der Waals surface area contributed by atoms with E-state index in [0.717, 1.165) is 16.7 Å². The first-order chi connectivity index (χ1) is 14.4. The summed E-state index contributed by atoms with van der Waals surface area (Å²) >= 11 is 0. The zero-order valence-electron chi connectivity index (χ0n) is 17.0. The summed E-state index contributed by atoms with van der Waals surface area (Å²) in [7, 11) is 1.57. The van der Waals surface area contributed by atoms with Gasteiger partial charge in [0.05, 0.1) is 12.5 Å². The standard InChI is InChI=1S/C25H25NO4/c1-25(19-9-5-3-6-10-19,20-11-7-4-8-12-20)24(29)26-22(23(27)28)17-18-13-15-21(30-2)16-14-18/h3-16,22H,17H2,1-2H3,(H,26,29)(H,27,28)/t22-/m0/s1. The Labute approximate surface area is 176 Å². The third-order valence-corrected chi connectivity index (χ3v) is 5.36. The molecular weight excluding hydrogens is 378 g/mol. The maximum atomic E-state index is 13.5. The van der Waals surface area contributed by atoms with E-state index in [1.54, 1.807) is 31.4 Å². The van der Waals surface area contributed by atoms with Gasteiger partial charge >= 0.3 is 5.97 Å². The van der Waals surface area contributed by atoms with Crippen LogP contribution in [0.4, 0.5) is 0 Å². The van der Waals surface area contributed by atoms with Crippen LogP contribution in [0.2, 0.25) is 0 Å². The number of ether oxygens (including phenoxy) is 1. The van der Waals surface area contributed by atoms with E-state index in [1.165, 1.54) is 0 Å². The highest BCUT2D eigenvalue weighted by Gasteiger charge is 2.38. The fourth-order valence-electron chi connectivity index (χ4n) is 3.47. The molecule has 0 aliphatic rings. The van der Waals surface area contributed by atoms with E-state index in [9.17, 15) is 14.7 Å². The number of amides is 1. The minimum atomic E-state index is -1.08. The van der Waals surface area contributed by atoms with E-state index in [4.69, 9.17) is 4.74 Å². The van der Waals surface area contributed by atoms with Gasteiger partial charge in [0.15, 0.2) is 0 Å². The van der Waals surface area contributed by atoms with Crippen LogP contribution in [0.3, 0.4) is 0 Å². The molecule has 0 aliphatic heterocycles. The summed E-state index contributed by atoms with van der Waals surface area (Å²) in [5.74, 6) is -0.751. The van der Waals surface area contributed by atoms with Crippen molar-refractivity contribution in [3.05, 3.63) is 102 Å². The number of carboxylic acid groups (broad SMARTS) is 1. The maximum Gasteiger partial charge on any atom is 0.326 e. The number of nitrogens with one attached hydrogen (secondary N) is 1. The lowest BCUT2D eigenvalue weighted by molar-refractivity contribution is -0.142. The van der Waals surface area contributed by atoms with Crippen molar-refractivity contribution in [2.45, 2.75) is 24.8 Å². The number of benzene rings is 3. The first-order valence-electron chi connectivity index (χ1n) is 9.73. The molecule has 1 amide bonds. The van der Waals surface area contributed by atoms with Crippen molar-refractivity contribution in [3.63, 3.8) is 0 Å². The molecule has 5 heteroatoms. The fourth-order valence-corrected chi connectivity index (χ4v) is 3.47. The average Bonchev–Trinajstić information content (AvgIpc) is 2.79. The van der Waals surface area contributed by atoms with Crippen LogP contribution >= 0.6 is 0 Å². The monoisotopic (exact) mass is 403 g/mol. The number of hydrogen-bond acceptors (Lipinski definition) is 3. The Kier molecular flexibility index (Phi) is 6.52. The van der Waals surface area contributed by atoms with Crippen LogP contribution in [0.15, 0.2) is 84.9 Å². The minimum Gasteiger partial charge on any atom is -0.497 e. The smallest absolute Gasteiger partial charge is 0.326 e. The molecule has 0 bridgehead atoms. The van der Waals surface area contributed by atoms with Gasteiger partial charge < -0.3 is 15.2 Å². The molecule has 5 nitrogen and oxygen atoms in total. The number of methoxy groups -OCH3 is 1. The Hall–Kier alpha value is -3.60. The van der Waals surface area contributed by atoms with Crippen LogP contribution in [0.5, 0.6) is 5.75 Å². The van der Waals surface area contributed by atoms with E-state index < -0.39 is 17.4 Å². The highest BCUT2D eigenvalue weighted by Crippen LogP contribution is 2.32. The fraction of sp³-hybridized carbons (Fsp3) is 0.200. The first kappa shape index (κ1) is 21.1. The van der Waals surface area contributed by atoms with E-state index >= 15 is 0 Å². The molecule has 0 unspecified atom stereocenters. The molecule has 0 fully saturated rings. The van der Waals surface area contributed by atoms with Crippen molar-refractivity contribution in [2.24, 2.45) is 0 Å². The average molecular weight is 403 g/mol. The Morgan fingerprint density at radius 1 is 0.900 bits per heavy atom. The second-order valence-corrected chi connectivity index (χ2v) is 7.27. The van der Waals surface area contributed by atoms with Crippen molar-refractivity contribution in [2.75, 3.05) is 7.11 Å². The number of hydrogen-bond donors (Lipinski definition) is 2. The van der Waals surface area contributed by atoms with E-state index in [-0.39, 0.29) is 12.3 Å². The molecule has 0 saturated heterocycles. The molecule has 30 heavy (non-hydrogen) atoms. The van der Waals surface area contributed by atoms with Gasteiger partial charge in [-0.25, -0.2) is 4.79 Å². The van der Waals surface area contributed by atoms with Gasteiger partial charge in [-0.3, -0.25) is 4.79 Å². The number of rotatable bonds is 8. The molecule has 2 N–H and O–H groups in total. The van der Waals surface area contributed by atoms with Crippen LogP contribution in [0, 0.1) is 0 Å². The molecule has 0 saturated carbocycles. The van der Waals surface area contributed by atoms with Gasteiger partial charge in [0, 0.05) is 6.42 Å². The van der Waals surface area contributed by atoms with Gasteiger partial charge in [0.2, 0.25) is 5.91 Å². The predicted octanol–water partition coefficient (Wildman–Crippen LogP) is 3.81. The molecule has 3 aromatic carbocycles. The molecule has 3 aromatic rings. The molecule has 1 atom stereocenters. The normalized spacial score (nSPS) is 12.1. The maximum absolute atomic E-state index is 13.5. The van der Waals surface area contributed by atoms with Crippen LogP contribution < -0.4 is 10.1 Å². The topological polar surface area (TPSA) is 75.6 Å². The summed E-state index contributed by atoms with van der Waals surface area (Å²) in [5.41, 5.74) is 1.35. The molecule has 0 radical (unpaired) electrons. The van der Waals surface area contributed by atoms with Crippen LogP contribution in [0.25, 0.3) is 0 Å². The molecular formula is C25H25NO4. The lowest BCUT2D eigenvalue weighted by Gasteiger charge is -2.31. The summed E-state index contributed by atoms with van der Waals surface area (Å²) in [6.45, 7) is 1.82. The van der Waals surface area contributed by atoms with Gasteiger partial charge in [-0.05, 0) is 35.7 Å². The summed E-state index contributed by atoms with van der Waals surface area (Å²) in [4.78, 5) is 25.4. The third kappa shape index (κ3) is 4.51. The summed E-state index contributed by atoms with van der Waals surface area (Å²) < 4.78 is 5.14. The second kappa shape index (κ2) is 9.27. The largest absolute Gasteiger partial charge is 0.497 e. The van der Waals surface area contributed by atoms with Gasteiger partial charge in [-0.15, -0.1) is 0 Å². The molecule has 0 aliphatic carbocycles.